The Morgan fingerprint density at radius 1 is 1.30 bits per heavy atom. The van der Waals surface area contributed by atoms with Gasteiger partial charge in [-0.2, -0.15) is 4.31 Å². The van der Waals surface area contributed by atoms with Gasteiger partial charge in [0.15, 0.2) is 0 Å². The fraction of sp³-hybridized carbons (Fsp3) is 0.231. The molecule has 1 N–H and O–H groups in total. The van der Waals surface area contributed by atoms with Crippen LogP contribution in [0.1, 0.15) is 11.0 Å². The van der Waals surface area contributed by atoms with Crippen LogP contribution < -0.4 is 0 Å². The van der Waals surface area contributed by atoms with E-state index in [9.17, 15) is 13.5 Å². The number of sulfonamides is 1. The molecule has 4 nitrogen and oxygen atoms in total. The van der Waals surface area contributed by atoms with Gasteiger partial charge in [0.1, 0.15) is 6.10 Å². The molecule has 0 fully saturated rings. The number of benzene rings is 1. The van der Waals surface area contributed by atoms with Crippen molar-refractivity contribution in [3.63, 3.8) is 0 Å². The third-order valence-electron chi connectivity index (χ3n) is 2.82. The fourth-order valence-electron chi connectivity index (χ4n) is 1.70. The first-order valence-electron chi connectivity index (χ1n) is 5.84. The van der Waals surface area contributed by atoms with E-state index in [-0.39, 0.29) is 11.4 Å². The van der Waals surface area contributed by atoms with Crippen LogP contribution in [0.15, 0.2) is 46.7 Å². The Kier molecular flexibility index (Phi) is 4.82. The van der Waals surface area contributed by atoms with Crippen LogP contribution in [-0.4, -0.2) is 31.4 Å². The molecule has 0 radical (unpaired) electrons. The van der Waals surface area contributed by atoms with Gasteiger partial charge in [0, 0.05) is 23.5 Å². The second-order valence-electron chi connectivity index (χ2n) is 4.27. The zero-order chi connectivity index (χ0) is 14.8. The maximum Gasteiger partial charge on any atom is 0.242 e. The van der Waals surface area contributed by atoms with Crippen LogP contribution in [0.5, 0.6) is 0 Å². The van der Waals surface area contributed by atoms with Crippen molar-refractivity contribution in [2.24, 2.45) is 0 Å². The predicted molar refractivity (Wildman–Crippen MR) is 80.5 cm³/mol. The SMILES string of the molecule is CN(CC(O)c1cccs1)S(=O)(=O)c1ccc(Cl)cc1. The van der Waals surface area contributed by atoms with Crippen LogP contribution >= 0.6 is 22.9 Å². The minimum atomic E-state index is -3.62. The average molecular weight is 332 g/mol. The highest BCUT2D eigenvalue weighted by Gasteiger charge is 2.23. The lowest BCUT2D eigenvalue weighted by molar-refractivity contribution is 0.158. The lowest BCUT2D eigenvalue weighted by Gasteiger charge is -2.20. The van der Waals surface area contributed by atoms with Crippen LogP contribution in [0, 0.1) is 0 Å². The van der Waals surface area contributed by atoms with Gasteiger partial charge in [0.2, 0.25) is 10.0 Å². The summed E-state index contributed by atoms with van der Waals surface area (Å²) in [6, 6.07) is 9.54. The predicted octanol–water partition coefficient (Wildman–Crippen LogP) is 2.76. The molecule has 1 unspecified atom stereocenters. The number of thiophene rings is 1. The summed E-state index contributed by atoms with van der Waals surface area (Å²) in [4.78, 5) is 0.894. The summed E-state index contributed by atoms with van der Waals surface area (Å²) in [6.07, 6.45) is -0.831. The number of aliphatic hydroxyl groups is 1. The third kappa shape index (κ3) is 3.39. The molecule has 0 bridgehead atoms. The van der Waals surface area contributed by atoms with E-state index in [1.54, 1.807) is 6.07 Å². The van der Waals surface area contributed by atoms with E-state index in [0.29, 0.717) is 5.02 Å². The van der Waals surface area contributed by atoms with E-state index in [1.807, 2.05) is 11.4 Å². The highest BCUT2D eigenvalue weighted by Crippen LogP contribution is 2.23. The smallest absolute Gasteiger partial charge is 0.242 e. The molecule has 2 rings (SSSR count). The highest BCUT2D eigenvalue weighted by atomic mass is 35.5. The monoisotopic (exact) mass is 331 g/mol. The number of hydrogen-bond donors (Lipinski definition) is 1. The van der Waals surface area contributed by atoms with Crippen LogP contribution in [-0.2, 0) is 10.0 Å². The second-order valence-corrected chi connectivity index (χ2v) is 7.73. The largest absolute Gasteiger partial charge is 0.386 e. The van der Waals surface area contributed by atoms with E-state index in [4.69, 9.17) is 11.6 Å². The number of aliphatic hydroxyl groups excluding tert-OH is 1. The lowest BCUT2D eigenvalue weighted by atomic mass is 10.3. The average Bonchev–Trinajstić information content (AvgIpc) is 2.93. The van der Waals surface area contributed by atoms with E-state index in [1.165, 1.54) is 42.6 Å². The molecule has 0 aliphatic carbocycles. The molecule has 7 heteroatoms. The number of likely N-dealkylation sites (N-methyl/N-ethyl adjacent to an activating group) is 1. The van der Waals surface area contributed by atoms with Gasteiger partial charge in [-0.1, -0.05) is 17.7 Å². The standard InChI is InChI=1S/C13H14ClNO3S2/c1-15(9-12(16)13-3-2-8-19-13)20(17,18)11-6-4-10(14)5-7-11/h2-8,12,16H,9H2,1H3. The number of rotatable bonds is 5. The van der Waals surface area contributed by atoms with Crippen molar-refractivity contribution in [3.8, 4) is 0 Å². The molecule has 0 spiro atoms. The van der Waals surface area contributed by atoms with Gasteiger partial charge in [0.25, 0.3) is 0 Å². The zero-order valence-corrected chi connectivity index (χ0v) is 13.1. The summed E-state index contributed by atoms with van der Waals surface area (Å²) < 4.78 is 25.8. The zero-order valence-electron chi connectivity index (χ0n) is 10.7. The van der Waals surface area contributed by atoms with Gasteiger partial charge in [-0.05, 0) is 35.7 Å². The molecule has 1 aromatic carbocycles. The van der Waals surface area contributed by atoms with Gasteiger partial charge >= 0.3 is 0 Å². The van der Waals surface area contributed by atoms with Crippen LogP contribution in [0.2, 0.25) is 5.02 Å². The summed E-state index contributed by atoms with van der Waals surface area (Å²) in [5.41, 5.74) is 0. The lowest BCUT2D eigenvalue weighted by Crippen LogP contribution is -2.31. The van der Waals surface area contributed by atoms with Crippen molar-refractivity contribution < 1.29 is 13.5 Å². The van der Waals surface area contributed by atoms with E-state index < -0.39 is 16.1 Å². The molecule has 0 amide bonds. The Morgan fingerprint density at radius 3 is 2.50 bits per heavy atom. The Morgan fingerprint density at radius 2 is 1.95 bits per heavy atom. The minimum absolute atomic E-state index is 0.00543. The van der Waals surface area contributed by atoms with Gasteiger partial charge in [-0.3, -0.25) is 0 Å². The summed E-state index contributed by atoms with van der Waals surface area (Å²) in [7, 11) is -2.18. The number of hydrogen-bond acceptors (Lipinski definition) is 4. The Bertz CT molecular complexity index is 653. The second kappa shape index (κ2) is 6.24. The molecular formula is C13H14ClNO3S2. The van der Waals surface area contributed by atoms with Crippen molar-refractivity contribution in [2.75, 3.05) is 13.6 Å². The molecule has 0 saturated heterocycles. The van der Waals surface area contributed by atoms with Crippen LogP contribution in [0.4, 0.5) is 0 Å². The topological polar surface area (TPSA) is 57.6 Å². The van der Waals surface area contributed by atoms with Crippen molar-refractivity contribution in [2.45, 2.75) is 11.0 Å². The van der Waals surface area contributed by atoms with E-state index in [2.05, 4.69) is 0 Å². The minimum Gasteiger partial charge on any atom is -0.386 e. The molecule has 2 aromatic rings. The molecule has 20 heavy (non-hydrogen) atoms. The van der Waals surface area contributed by atoms with Gasteiger partial charge in [0.05, 0.1) is 4.90 Å². The van der Waals surface area contributed by atoms with Gasteiger partial charge < -0.3 is 5.11 Å². The molecule has 1 heterocycles. The normalized spacial score (nSPS) is 13.6. The van der Waals surface area contributed by atoms with Crippen LogP contribution in [0.25, 0.3) is 0 Å². The van der Waals surface area contributed by atoms with Crippen molar-refractivity contribution in [1.29, 1.82) is 0 Å². The van der Waals surface area contributed by atoms with Crippen LogP contribution in [0.3, 0.4) is 0 Å². The summed E-state index contributed by atoms with van der Waals surface area (Å²) >= 11 is 7.14. The molecular weight excluding hydrogens is 318 g/mol. The quantitative estimate of drug-likeness (QED) is 0.916. The molecule has 0 saturated carbocycles. The molecule has 0 aliphatic rings. The Hall–Kier alpha value is -0.920. The molecule has 1 aromatic heterocycles. The molecule has 108 valence electrons. The number of halogens is 1. The molecule has 1 atom stereocenters. The van der Waals surface area contributed by atoms with Gasteiger partial charge in [-0.15, -0.1) is 11.3 Å². The fourth-order valence-corrected chi connectivity index (χ4v) is 3.71. The van der Waals surface area contributed by atoms with Gasteiger partial charge in [-0.25, -0.2) is 8.42 Å². The van der Waals surface area contributed by atoms with E-state index in [0.717, 1.165) is 9.18 Å². The number of nitrogens with zero attached hydrogens (tertiary/aromatic N) is 1. The first-order valence-corrected chi connectivity index (χ1v) is 8.54. The highest BCUT2D eigenvalue weighted by molar-refractivity contribution is 7.89. The summed E-state index contributed by atoms with van der Waals surface area (Å²) in [5.74, 6) is 0. The Labute approximate surface area is 127 Å². The van der Waals surface area contributed by atoms with E-state index >= 15 is 0 Å². The third-order valence-corrected chi connectivity index (χ3v) is 5.89. The maximum atomic E-state index is 12.3. The van der Waals surface area contributed by atoms with Crippen molar-refractivity contribution >= 4 is 33.0 Å². The Balaban J connectivity index is 2.15. The summed E-state index contributed by atoms with van der Waals surface area (Å²) in [6.45, 7) is 0.00543. The van der Waals surface area contributed by atoms with Crippen molar-refractivity contribution in [1.82, 2.24) is 4.31 Å². The first kappa shape index (κ1) is 15.5. The molecule has 0 aliphatic heterocycles. The summed E-state index contributed by atoms with van der Waals surface area (Å²) in [5, 5.41) is 12.3. The maximum absolute atomic E-state index is 12.3. The first-order chi connectivity index (χ1) is 9.41. The van der Waals surface area contributed by atoms with Crippen molar-refractivity contribution in [3.05, 3.63) is 51.7 Å².